The number of carboxylic acids is 1. The highest BCUT2D eigenvalue weighted by atomic mass is 35.5. The maximum absolute atomic E-state index is 12.9. The van der Waals surface area contributed by atoms with E-state index in [4.69, 9.17) is 16.7 Å². The lowest BCUT2D eigenvalue weighted by Gasteiger charge is -2.03. The summed E-state index contributed by atoms with van der Waals surface area (Å²) in [7, 11) is -1.21. The summed E-state index contributed by atoms with van der Waals surface area (Å²) in [5.74, 6) is -0.915. The molecular weight excluding hydrogens is 279 g/mol. The van der Waals surface area contributed by atoms with Crippen LogP contribution in [0.5, 0.6) is 0 Å². The number of aliphatic carboxylic acids is 1. The Morgan fingerprint density at radius 1 is 1.33 bits per heavy atom. The van der Waals surface area contributed by atoms with Crippen LogP contribution in [-0.4, -0.2) is 21.0 Å². The van der Waals surface area contributed by atoms with Crippen molar-refractivity contribution in [1.29, 1.82) is 0 Å². The highest BCUT2D eigenvalue weighted by Gasteiger charge is 2.07. The SMILES string of the molecule is O=C(O)CCCCCS(=O)c1ccc(F)c(Cl)c1. The lowest BCUT2D eigenvalue weighted by molar-refractivity contribution is -0.137. The van der Waals surface area contributed by atoms with Gasteiger partial charge in [-0.15, -0.1) is 0 Å². The second-order valence-corrected chi connectivity index (χ2v) is 5.81. The van der Waals surface area contributed by atoms with Crippen LogP contribution in [0, 0.1) is 5.82 Å². The molecular formula is C12H14ClFO3S. The summed E-state index contributed by atoms with van der Waals surface area (Å²) >= 11 is 5.60. The van der Waals surface area contributed by atoms with E-state index in [1.807, 2.05) is 0 Å². The van der Waals surface area contributed by atoms with Crippen LogP contribution in [0.2, 0.25) is 5.02 Å². The van der Waals surface area contributed by atoms with Crippen molar-refractivity contribution in [1.82, 2.24) is 0 Å². The first-order chi connectivity index (χ1) is 8.50. The van der Waals surface area contributed by atoms with Gasteiger partial charge in [0.15, 0.2) is 0 Å². The predicted molar refractivity (Wildman–Crippen MR) is 68.8 cm³/mol. The van der Waals surface area contributed by atoms with Crippen LogP contribution in [0.1, 0.15) is 25.7 Å². The molecule has 1 aromatic carbocycles. The van der Waals surface area contributed by atoms with Crippen LogP contribution in [0.25, 0.3) is 0 Å². The van der Waals surface area contributed by atoms with Crippen LogP contribution in [0.4, 0.5) is 4.39 Å². The van der Waals surface area contributed by atoms with Crippen molar-refractivity contribution in [3.63, 3.8) is 0 Å². The van der Waals surface area contributed by atoms with E-state index in [-0.39, 0.29) is 11.4 Å². The molecule has 100 valence electrons. The molecule has 0 saturated heterocycles. The molecule has 6 heteroatoms. The topological polar surface area (TPSA) is 54.4 Å². The monoisotopic (exact) mass is 292 g/mol. The Bertz CT molecular complexity index is 451. The van der Waals surface area contributed by atoms with Crippen LogP contribution in [0.15, 0.2) is 23.1 Å². The molecule has 0 fully saturated rings. The lowest BCUT2D eigenvalue weighted by atomic mass is 10.2. The molecule has 18 heavy (non-hydrogen) atoms. The van der Waals surface area contributed by atoms with E-state index in [0.717, 1.165) is 0 Å². The molecule has 0 aliphatic heterocycles. The molecule has 1 unspecified atom stereocenters. The molecule has 0 aromatic heterocycles. The molecule has 0 saturated carbocycles. The second kappa shape index (κ2) is 7.48. The maximum atomic E-state index is 12.9. The summed E-state index contributed by atoms with van der Waals surface area (Å²) in [4.78, 5) is 10.8. The predicted octanol–water partition coefficient (Wildman–Crippen LogP) is 3.23. The number of halogens is 2. The zero-order valence-corrected chi connectivity index (χ0v) is 11.3. The van der Waals surface area contributed by atoms with E-state index in [9.17, 15) is 13.4 Å². The van der Waals surface area contributed by atoms with E-state index in [0.29, 0.717) is 29.9 Å². The number of unbranched alkanes of at least 4 members (excludes halogenated alkanes) is 2. The van der Waals surface area contributed by atoms with Gasteiger partial charge in [0.1, 0.15) is 5.82 Å². The number of hydrogen-bond donors (Lipinski definition) is 1. The van der Waals surface area contributed by atoms with Gasteiger partial charge in [0.2, 0.25) is 0 Å². The van der Waals surface area contributed by atoms with Crippen molar-refractivity contribution in [3.8, 4) is 0 Å². The van der Waals surface area contributed by atoms with Crippen LogP contribution >= 0.6 is 11.6 Å². The molecule has 0 aliphatic carbocycles. The summed E-state index contributed by atoms with van der Waals surface area (Å²) < 4.78 is 24.7. The largest absolute Gasteiger partial charge is 0.481 e. The lowest BCUT2D eigenvalue weighted by Crippen LogP contribution is -2.00. The zero-order valence-electron chi connectivity index (χ0n) is 9.70. The highest BCUT2D eigenvalue weighted by Crippen LogP contribution is 2.19. The van der Waals surface area contributed by atoms with Gasteiger partial charge >= 0.3 is 5.97 Å². The molecule has 1 aromatic rings. The van der Waals surface area contributed by atoms with E-state index in [1.54, 1.807) is 0 Å². The Hall–Kier alpha value is -0.940. The first kappa shape index (κ1) is 15.1. The minimum atomic E-state index is -1.21. The average molecular weight is 293 g/mol. The summed E-state index contributed by atoms with van der Waals surface area (Å²) in [6, 6.07) is 4.01. The van der Waals surface area contributed by atoms with Crippen LogP contribution in [0.3, 0.4) is 0 Å². The molecule has 0 bridgehead atoms. The summed E-state index contributed by atoms with van der Waals surface area (Å²) in [5.41, 5.74) is 0. The van der Waals surface area contributed by atoms with Crippen LogP contribution in [-0.2, 0) is 15.6 Å². The molecule has 1 N–H and O–H groups in total. The molecule has 0 heterocycles. The third-order valence-corrected chi connectivity index (χ3v) is 4.10. The van der Waals surface area contributed by atoms with Crippen molar-refractivity contribution < 1.29 is 18.5 Å². The van der Waals surface area contributed by atoms with Gasteiger partial charge in [-0.1, -0.05) is 18.0 Å². The molecule has 3 nitrogen and oxygen atoms in total. The normalized spacial score (nSPS) is 12.3. The van der Waals surface area contributed by atoms with E-state index < -0.39 is 22.6 Å². The number of benzene rings is 1. The Morgan fingerprint density at radius 3 is 2.67 bits per heavy atom. The number of rotatable bonds is 7. The first-order valence-electron chi connectivity index (χ1n) is 5.56. The fourth-order valence-corrected chi connectivity index (χ4v) is 2.84. The average Bonchev–Trinajstić information content (AvgIpc) is 2.31. The maximum Gasteiger partial charge on any atom is 0.303 e. The van der Waals surface area contributed by atoms with Crippen molar-refractivity contribution in [2.24, 2.45) is 0 Å². The van der Waals surface area contributed by atoms with E-state index in [2.05, 4.69) is 0 Å². The van der Waals surface area contributed by atoms with Gasteiger partial charge in [0.25, 0.3) is 0 Å². The van der Waals surface area contributed by atoms with Crippen molar-refractivity contribution >= 4 is 28.4 Å². The highest BCUT2D eigenvalue weighted by molar-refractivity contribution is 7.85. The zero-order chi connectivity index (χ0) is 13.5. The minimum absolute atomic E-state index is 0.0354. The van der Waals surface area contributed by atoms with Crippen LogP contribution < -0.4 is 0 Å². The minimum Gasteiger partial charge on any atom is -0.481 e. The van der Waals surface area contributed by atoms with Crippen molar-refractivity contribution in [3.05, 3.63) is 29.0 Å². The van der Waals surface area contributed by atoms with Gasteiger partial charge in [-0.2, -0.15) is 0 Å². The van der Waals surface area contributed by atoms with Gasteiger partial charge in [-0.3, -0.25) is 9.00 Å². The summed E-state index contributed by atoms with van der Waals surface area (Å²) in [6.07, 6.45) is 2.10. The molecule has 0 aliphatic rings. The number of carbonyl (C=O) groups is 1. The first-order valence-corrected chi connectivity index (χ1v) is 7.25. The summed E-state index contributed by atoms with van der Waals surface area (Å²) in [6.45, 7) is 0. The fourth-order valence-electron chi connectivity index (χ4n) is 1.42. The van der Waals surface area contributed by atoms with Crippen molar-refractivity contribution in [2.45, 2.75) is 30.6 Å². The third-order valence-electron chi connectivity index (χ3n) is 2.37. The summed E-state index contributed by atoms with van der Waals surface area (Å²) in [5, 5.41) is 8.41. The van der Waals surface area contributed by atoms with Gasteiger partial charge < -0.3 is 5.11 Å². The Balaban J connectivity index is 2.36. The fraction of sp³-hybridized carbons (Fsp3) is 0.417. The molecule has 0 radical (unpaired) electrons. The second-order valence-electron chi connectivity index (χ2n) is 3.83. The molecule has 0 amide bonds. The number of hydrogen-bond acceptors (Lipinski definition) is 2. The molecule has 0 spiro atoms. The van der Waals surface area contributed by atoms with Crippen molar-refractivity contribution in [2.75, 3.05) is 5.75 Å². The molecule has 1 atom stereocenters. The van der Waals surface area contributed by atoms with Gasteiger partial charge in [0.05, 0.1) is 15.8 Å². The van der Waals surface area contributed by atoms with E-state index >= 15 is 0 Å². The number of carboxylic acid groups (broad SMARTS) is 1. The third kappa shape index (κ3) is 5.14. The standard InChI is InChI=1S/C12H14ClFO3S/c13-10-8-9(5-6-11(10)14)18(17)7-3-1-2-4-12(15)16/h5-6,8H,1-4,7H2,(H,15,16). The van der Waals surface area contributed by atoms with E-state index in [1.165, 1.54) is 18.2 Å². The Kier molecular flexibility index (Phi) is 6.29. The van der Waals surface area contributed by atoms with Gasteiger partial charge in [-0.25, -0.2) is 4.39 Å². The smallest absolute Gasteiger partial charge is 0.303 e. The Morgan fingerprint density at radius 2 is 2.06 bits per heavy atom. The van der Waals surface area contributed by atoms with Gasteiger partial charge in [0, 0.05) is 17.1 Å². The quantitative estimate of drug-likeness (QED) is 0.785. The Labute approximate surface area is 112 Å². The van der Waals surface area contributed by atoms with Gasteiger partial charge in [-0.05, 0) is 31.0 Å². The molecule has 1 rings (SSSR count).